The molecule has 2 nitrogen and oxygen atoms in total. The predicted octanol–water partition coefficient (Wildman–Crippen LogP) is 2.65. The molecule has 1 aliphatic carbocycles. The Morgan fingerprint density at radius 1 is 1.40 bits per heavy atom. The molecule has 0 N–H and O–H groups in total. The smallest absolute Gasteiger partial charge is 0.223 e. The van der Waals surface area contributed by atoms with Gasteiger partial charge >= 0.3 is 0 Å². The van der Waals surface area contributed by atoms with E-state index in [2.05, 4.69) is 11.8 Å². The van der Waals surface area contributed by atoms with Gasteiger partial charge in [-0.25, -0.2) is 0 Å². The summed E-state index contributed by atoms with van der Waals surface area (Å²) in [6.45, 7) is 3.18. The van der Waals surface area contributed by atoms with Gasteiger partial charge in [0.1, 0.15) is 0 Å². The largest absolute Gasteiger partial charge is 0.339 e. The predicted molar refractivity (Wildman–Crippen MR) is 62.0 cm³/mol. The fraction of sp³-hybridized carbons (Fsp3) is 0.917. The van der Waals surface area contributed by atoms with Gasteiger partial charge in [-0.05, 0) is 24.7 Å². The van der Waals surface area contributed by atoms with E-state index in [1.807, 2.05) is 0 Å². The van der Waals surface area contributed by atoms with Crippen LogP contribution < -0.4 is 0 Å². The van der Waals surface area contributed by atoms with Crippen LogP contribution in [0.5, 0.6) is 0 Å². The van der Waals surface area contributed by atoms with Crippen LogP contribution in [-0.4, -0.2) is 29.3 Å². The number of halogens is 1. The average molecular weight is 230 g/mol. The highest BCUT2D eigenvalue weighted by molar-refractivity contribution is 6.18. The summed E-state index contributed by atoms with van der Waals surface area (Å²) >= 11 is 5.83. The van der Waals surface area contributed by atoms with Crippen molar-refractivity contribution in [2.45, 2.75) is 45.1 Å². The van der Waals surface area contributed by atoms with Gasteiger partial charge in [-0.3, -0.25) is 4.79 Å². The van der Waals surface area contributed by atoms with Crippen molar-refractivity contribution in [2.24, 2.45) is 11.8 Å². The van der Waals surface area contributed by atoms with Gasteiger partial charge in [-0.15, -0.1) is 11.6 Å². The molecule has 0 aromatic heterocycles. The van der Waals surface area contributed by atoms with Crippen molar-refractivity contribution in [1.29, 1.82) is 0 Å². The molecule has 1 saturated carbocycles. The molecule has 3 unspecified atom stereocenters. The van der Waals surface area contributed by atoms with Crippen LogP contribution in [0, 0.1) is 11.8 Å². The normalized spacial score (nSPS) is 37.3. The van der Waals surface area contributed by atoms with E-state index in [1.54, 1.807) is 0 Å². The third-order valence-electron chi connectivity index (χ3n) is 3.92. The van der Waals surface area contributed by atoms with Crippen LogP contribution in [0.1, 0.15) is 39.0 Å². The lowest BCUT2D eigenvalue weighted by Gasteiger charge is -2.36. The number of alkyl halides is 1. The molecular formula is C12H20ClNO. The maximum absolute atomic E-state index is 11.9. The SMILES string of the molecule is CC1CCCCC1N1CC(CCl)CC1=O. The lowest BCUT2D eigenvalue weighted by atomic mass is 9.85. The van der Waals surface area contributed by atoms with Crippen LogP contribution in [0.2, 0.25) is 0 Å². The number of amides is 1. The van der Waals surface area contributed by atoms with Crippen LogP contribution in [0.4, 0.5) is 0 Å². The standard InChI is InChI=1S/C12H20ClNO/c1-9-4-2-3-5-11(9)14-8-10(7-13)6-12(14)15/h9-11H,2-8H2,1H3. The van der Waals surface area contributed by atoms with Crippen molar-refractivity contribution in [3.63, 3.8) is 0 Å². The topological polar surface area (TPSA) is 20.3 Å². The molecule has 2 aliphatic rings. The molecule has 1 heterocycles. The van der Waals surface area contributed by atoms with Gasteiger partial charge in [0.2, 0.25) is 5.91 Å². The first-order chi connectivity index (χ1) is 7.22. The van der Waals surface area contributed by atoms with E-state index >= 15 is 0 Å². The molecule has 1 amide bonds. The first-order valence-electron chi connectivity index (χ1n) is 6.07. The van der Waals surface area contributed by atoms with Gasteiger partial charge in [0.25, 0.3) is 0 Å². The number of hydrogen-bond donors (Lipinski definition) is 0. The molecule has 0 bridgehead atoms. The van der Waals surface area contributed by atoms with E-state index in [9.17, 15) is 4.79 Å². The summed E-state index contributed by atoms with van der Waals surface area (Å²) in [5, 5.41) is 0. The second kappa shape index (κ2) is 4.73. The Morgan fingerprint density at radius 2 is 2.13 bits per heavy atom. The van der Waals surface area contributed by atoms with Crippen LogP contribution in [0.15, 0.2) is 0 Å². The summed E-state index contributed by atoms with van der Waals surface area (Å²) in [6.07, 6.45) is 5.76. The molecule has 2 rings (SSSR count). The van der Waals surface area contributed by atoms with Gasteiger partial charge in [0.05, 0.1) is 0 Å². The fourth-order valence-electron chi connectivity index (χ4n) is 2.99. The van der Waals surface area contributed by atoms with Gasteiger partial charge in [0, 0.05) is 24.9 Å². The number of rotatable bonds is 2. The minimum absolute atomic E-state index is 0.333. The maximum atomic E-state index is 11.9. The van der Waals surface area contributed by atoms with Crippen molar-refractivity contribution >= 4 is 17.5 Å². The van der Waals surface area contributed by atoms with E-state index in [4.69, 9.17) is 11.6 Å². The molecular weight excluding hydrogens is 210 g/mol. The average Bonchev–Trinajstić information content (AvgIpc) is 2.60. The lowest BCUT2D eigenvalue weighted by molar-refractivity contribution is -0.131. The van der Waals surface area contributed by atoms with Crippen molar-refractivity contribution < 1.29 is 4.79 Å². The number of likely N-dealkylation sites (tertiary alicyclic amines) is 1. The summed E-state index contributed by atoms with van der Waals surface area (Å²) in [4.78, 5) is 14.0. The second-order valence-electron chi connectivity index (χ2n) is 5.10. The van der Waals surface area contributed by atoms with E-state index in [0.717, 1.165) is 6.54 Å². The Labute approximate surface area is 97.0 Å². The van der Waals surface area contributed by atoms with Crippen molar-refractivity contribution in [2.75, 3.05) is 12.4 Å². The molecule has 0 spiro atoms. The highest BCUT2D eigenvalue weighted by atomic mass is 35.5. The Bertz CT molecular complexity index is 244. The minimum atomic E-state index is 0.333. The molecule has 86 valence electrons. The molecule has 3 heteroatoms. The van der Waals surface area contributed by atoms with Crippen LogP contribution in [0.3, 0.4) is 0 Å². The molecule has 2 fully saturated rings. The van der Waals surface area contributed by atoms with Crippen LogP contribution >= 0.6 is 11.6 Å². The maximum Gasteiger partial charge on any atom is 0.223 e. The second-order valence-corrected chi connectivity index (χ2v) is 5.41. The Hall–Kier alpha value is -0.240. The minimum Gasteiger partial charge on any atom is -0.339 e. The fourth-order valence-corrected chi connectivity index (χ4v) is 3.20. The number of hydrogen-bond acceptors (Lipinski definition) is 1. The first kappa shape index (κ1) is 11.3. The molecule has 15 heavy (non-hydrogen) atoms. The highest BCUT2D eigenvalue weighted by Crippen LogP contribution is 2.32. The third kappa shape index (κ3) is 2.30. The molecule has 0 aromatic carbocycles. The molecule has 0 radical (unpaired) electrons. The number of carbonyl (C=O) groups excluding carboxylic acids is 1. The summed E-state index contributed by atoms with van der Waals surface area (Å²) in [6, 6.07) is 0.500. The monoisotopic (exact) mass is 229 g/mol. The zero-order valence-corrected chi connectivity index (χ0v) is 10.2. The van der Waals surface area contributed by atoms with E-state index in [0.29, 0.717) is 36.1 Å². The molecule has 3 atom stereocenters. The van der Waals surface area contributed by atoms with Gasteiger partial charge in [-0.2, -0.15) is 0 Å². The van der Waals surface area contributed by atoms with Crippen molar-refractivity contribution in [3.8, 4) is 0 Å². The number of nitrogens with zero attached hydrogens (tertiary/aromatic N) is 1. The Balaban J connectivity index is 2.00. The quantitative estimate of drug-likeness (QED) is 0.667. The third-order valence-corrected chi connectivity index (χ3v) is 4.36. The van der Waals surface area contributed by atoms with Gasteiger partial charge in [0.15, 0.2) is 0 Å². The lowest BCUT2D eigenvalue weighted by Crippen LogP contribution is -2.42. The summed E-state index contributed by atoms with van der Waals surface area (Å²) in [5.74, 6) is 2.04. The first-order valence-corrected chi connectivity index (χ1v) is 6.61. The van der Waals surface area contributed by atoms with E-state index in [1.165, 1.54) is 25.7 Å². The summed E-state index contributed by atoms with van der Waals surface area (Å²) in [5.41, 5.74) is 0. The van der Waals surface area contributed by atoms with Crippen LogP contribution in [-0.2, 0) is 4.79 Å². The van der Waals surface area contributed by atoms with Crippen LogP contribution in [0.25, 0.3) is 0 Å². The summed E-state index contributed by atoms with van der Waals surface area (Å²) < 4.78 is 0. The number of carbonyl (C=O) groups is 1. The highest BCUT2D eigenvalue weighted by Gasteiger charge is 2.36. The zero-order chi connectivity index (χ0) is 10.8. The Morgan fingerprint density at radius 3 is 2.73 bits per heavy atom. The van der Waals surface area contributed by atoms with E-state index < -0.39 is 0 Å². The molecule has 1 saturated heterocycles. The molecule has 0 aromatic rings. The molecule has 1 aliphatic heterocycles. The van der Waals surface area contributed by atoms with Gasteiger partial charge < -0.3 is 4.90 Å². The van der Waals surface area contributed by atoms with Crippen molar-refractivity contribution in [3.05, 3.63) is 0 Å². The Kier molecular flexibility index (Phi) is 3.55. The van der Waals surface area contributed by atoms with Crippen molar-refractivity contribution in [1.82, 2.24) is 4.90 Å². The van der Waals surface area contributed by atoms with E-state index in [-0.39, 0.29) is 0 Å². The van der Waals surface area contributed by atoms with Gasteiger partial charge in [-0.1, -0.05) is 19.8 Å². The zero-order valence-electron chi connectivity index (χ0n) is 9.42. The summed E-state index contributed by atoms with van der Waals surface area (Å²) in [7, 11) is 0.